The van der Waals surface area contributed by atoms with Crippen molar-refractivity contribution >= 4 is 51.7 Å². The SMILES string of the molecule is CC(=O)OC[C@H]1O[C@H](/N=C2\OC[C@@H](C)CC[C@]23O[C@H]2C[C@H]4[C@@H]5CC[C@@H]6C[C@@H](OC(=O)c7ccc(Br)cc7)CC[C@]6(C)[C@H]5CC[C@]4(C)[C@H]2[C@@H]3C)[C@H](OC(C)=O)[C@@H](OC(C)=O)[C@@H]1OC(C)=O. The van der Waals surface area contributed by atoms with E-state index in [-0.39, 0.29) is 53.4 Å². The molecule has 8 rings (SSSR count). The molecule has 0 radical (unpaired) electrons. The molecule has 0 N–H and O–H groups in total. The van der Waals surface area contributed by atoms with Gasteiger partial charge in [0.2, 0.25) is 5.90 Å². The van der Waals surface area contributed by atoms with Crippen molar-refractivity contribution < 1.29 is 61.9 Å². The minimum Gasteiger partial charge on any atom is -0.479 e. The number of aliphatic imine (C=N–C) groups is 1. The van der Waals surface area contributed by atoms with E-state index in [9.17, 15) is 24.0 Å². The molecule has 0 amide bonds. The average Bonchev–Trinajstić information content (AvgIpc) is 3.62. The van der Waals surface area contributed by atoms with Gasteiger partial charge in [0.15, 0.2) is 24.5 Å². The number of nitrogens with zero attached hydrogens (tertiary/aromatic N) is 1. The highest BCUT2D eigenvalue weighted by molar-refractivity contribution is 9.10. The number of carbonyl (C=O) groups excluding carboxylic acids is 5. The smallest absolute Gasteiger partial charge is 0.338 e. The molecule has 3 heterocycles. The first-order valence-electron chi connectivity index (χ1n) is 23.5. The zero-order valence-electron chi connectivity index (χ0n) is 38.5. The highest BCUT2D eigenvalue weighted by Gasteiger charge is 2.70. The third-order valence-corrected chi connectivity index (χ3v) is 17.3. The zero-order chi connectivity index (χ0) is 45.9. The molecule has 1 spiro atoms. The van der Waals surface area contributed by atoms with Gasteiger partial charge in [-0.05, 0) is 141 Å². The van der Waals surface area contributed by atoms with Gasteiger partial charge in [0, 0.05) is 32.2 Å². The summed E-state index contributed by atoms with van der Waals surface area (Å²) in [7, 11) is 0. The molecule has 7 aliphatic rings. The normalized spacial score (nSPS) is 43.0. The van der Waals surface area contributed by atoms with E-state index >= 15 is 0 Å². The number of esters is 5. The second-order valence-corrected chi connectivity index (χ2v) is 21.5. The van der Waals surface area contributed by atoms with Crippen LogP contribution in [0.5, 0.6) is 0 Å². The number of fused-ring (bicyclic) bond motifs is 7. The van der Waals surface area contributed by atoms with E-state index in [4.69, 9.17) is 42.9 Å². The minimum absolute atomic E-state index is 0.00143. The monoisotopic (exact) mass is 955 g/mol. The molecular formula is C49H66BrNO13. The van der Waals surface area contributed by atoms with E-state index in [0.717, 1.165) is 62.3 Å². The van der Waals surface area contributed by atoms with Gasteiger partial charge in [0.25, 0.3) is 0 Å². The molecule has 0 aromatic heterocycles. The Morgan fingerprint density at radius 2 is 1.42 bits per heavy atom. The Morgan fingerprint density at radius 1 is 0.750 bits per heavy atom. The summed E-state index contributed by atoms with van der Waals surface area (Å²) in [6.07, 6.45) is 3.34. The maximum Gasteiger partial charge on any atom is 0.338 e. The molecule has 352 valence electrons. The third kappa shape index (κ3) is 8.75. The molecule has 0 unspecified atom stereocenters. The van der Waals surface area contributed by atoms with E-state index in [1.807, 2.05) is 24.3 Å². The predicted octanol–water partition coefficient (Wildman–Crippen LogP) is 7.95. The molecule has 7 fully saturated rings. The number of ether oxygens (including phenoxy) is 8. The molecule has 0 bridgehead atoms. The highest BCUT2D eigenvalue weighted by Crippen LogP contribution is 2.71. The average molecular weight is 957 g/mol. The van der Waals surface area contributed by atoms with Crippen molar-refractivity contribution in [2.24, 2.45) is 57.2 Å². The number of carbonyl (C=O) groups is 5. The predicted molar refractivity (Wildman–Crippen MR) is 234 cm³/mol. The van der Waals surface area contributed by atoms with Crippen molar-refractivity contribution in [3.05, 3.63) is 34.3 Å². The lowest BCUT2D eigenvalue weighted by atomic mass is 9.44. The van der Waals surface area contributed by atoms with Gasteiger partial charge in [-0.15, -0.1) is 0 Å². The van der Waals surface area contributed by atoms with Gasteiger partial charge in [-0.2, -0.15) is 0 Å². The van der Waals surface area contributed by atoms with Gasteiger partial charge in [-0.25, -0.2) is 9.79 Å². The fraction of sp³-hybridized carbons (Fsp3) is 0.755. The molecule has 15 heteroatoms. The van der Waals surface area contributed by atoms with E-state index < -0.39 is 60.1 Å². The van der Waals surface area contributed by atoms with Crippen LogP contribution in [0.25, 0.3) is 0 Å². The lowest BCUT2D eigenvalue weighted by Crippen LogP contribution is -2.62. The van der Waals surface area contributed by atoms with Crippen LogP contribution in [-0.2, 0) is 57.1 Å². The topological polar surface area (TPSA) is 172 Å². The highest BCUT2D eigenvalue weighted by atomic mass is 79.9. The zero-order valence-corrected chi connectivity index (χ0v) is 40.1. The van der Waals surface area contributed by atoms with Crippen molar-refractivity contribution in [3.8, 4) is 0 Å². The summed E-state index contributed by atoms with van der Waals surface area (Å²) < 4.78 is 50.2. The molecule has 4 aliphatic carbocycles. The summed E-state index contributed by atoms with van der Waals surface area (Å²) in [5.41, 5.74) is -0.126. The molecule has 4 saturated carbocycles. The fourth-order valence-corrected chi connectivity index (χ4v) is 14.2. The number of halogens is 1. The second kappa shape index (κ2) is 18.3. The van der Waals surface area contributed by atoms with Crippen LogP contribution in [0.2, 0.25) is 0 Å². The molecular weight excluding hydrogens is 890 g/mol. The Morgan fingerprint density at radius 3 is 2.11 bits per heavy atom. The molecule has 1 aromatic carbocycles. The first-order valence-corrected chi connectivity index (χ1v) is 24.3. The Labute approximate surface area is 385 Å². The lowest BCUT2D eigenvalue weighted by Gasteiger charge is -2.61. The van der Waals surface area contributed by atoms with E-state index in [1.54, 1.807) is 0 Å². The van der Waals surface area contributed by atoms with Gasteiger partial charge in [0.1, 0.15) is 24.4 Å². The van der Waals surface area contributed by atoms with Crippen LogP contribution in [-0.4, -0.2) is 97.4 Å². The van der Waals surface area contributed by atoms with E-state index in [1.165, 1.54) is 27.7 Å². The van der Waals surface area contributed by atoms with Crippen molar-refractivity contribution in [2.45, 2.75) is 168 Å². The maximum absolute atomic E-state index is 13.1. The fourth-order valence-electron chi connectivity index (χ4n) is 13.9. The van der Waals surface area contributed by atoms with Crippen molar-refractivity contribution in [1.29, 1.82) is 0 Å². The van der Waals surface area contributed by atoms with Crippen LogP contribution >= 0.6 is 15.9 Å². The standard InChI is InChI=1S/C49H66BrNO13/c1-25-15-20-49(46(58-23-25)51-44-43(61-30(6)55)42(60-29(5)54)41(59-28(4)53)39(63-44)24-57-27(3)52)26(2)40-38(64-49)22-37-35-14-11-32-21-34(62-45(56)31-9-12-33(50)13-10-31)16-18-47(32,7)36(35)17-19-48(37,40)8/h9-10,12-13,25-26,32,34-44H,11,14-24H2,1-8H3/b51-46-/t25-,26-,32+,34-,35+,36-,37-,38-,39+,40-,41+,42-,43+,44-,47-,48-,49+/m0/s1. The van der Waals surface area contributed by atoms with Crippen molar-refractivity contribution in [2.75, 3.05) is 13.2 Å². The third-order valence-electron chi connectivity index (χ3n) is 16.8. The van der Waals surface area contributed by atoms with Gasteiger partial charge >= 0.3 is 29.8 Å². The van der Waals surface area contributed by atoms with Crippen molar-refractivity contribution in [1.82, 2.24) is 0 Å². The summed E-state index contributed by atoms with van der Waals surface area (Å²) >= 11 is 3.45. The van der Waals surface area contributed by atoms with Gasteiger partial charge < -0.3 is 37.9 Å². The lowest BCUT2D eigenvalue weighted by molar-refractivity contribution is -0.251. The summed E-state index contributed by atoms with van der Waals surface area (Å²) in [6.45, 7) is 14.3. The van der Waals surface area contributed by atoms with Crippen LogP contribution in [0, 0.1) is 52.3 Å². The van der Waals surface area contributed by atoms with E-state index in [0.29, 0.717) is 48.2 Å². The summed E-state index contributed by atoms with van der Waals surface area (Å²) in [6, 6.07) is 7.37. The second-order valence-electron chi connectivity index (χ2n) is 20.6. The van der Waals surface area contributed by atoms with Crippen LogP contribution in [0.15, 0.2) is 33.7 Å². The number of hydrogen-bond acceptors (Lipinski definition) is 14. The molecule has 3 aliphatic heterocycles. The first-order chi connectivity index (χ1) is 30.3. The Hall–Kier alpha value is -3.56. The Balaban J connectivity index is 1.05. The van der Waals surface area contributed by atoms with E-state index in [2.05, 4.69) is 43.6 Å². The minimum atomic E-state index is -1.34. The molecule has 3 saturated heterocycles. The number of benzene rings is 1. The largest absolute Gasteiger partial charge is 0.479 e. The number of hydrogen-bond donors (Lipinski definition) is 0. The van der Waals surface area contributed by atoms with Gasteiger partial charge in [0.05, 0.1) is 18.3 Å². The molecule has 64 heavy (non-hydrogen) atoms. The molecule has 1 aromatic rings. The first kappa shape index (κ1) is 47.0. The molecule has 17 atom stereocenters. The molecule has 14 nitrogen and oxygen atoms in total. The van der Waals surface area contributed by atoms with Crippen LogP contribution < -0.4 is 0 Å². The summed E-state index contributed by atoms with van der Waals surface area (Å²) in [5.74, 6) is 0.0292. The number of rotatable bonds is 8. The Kier molecular flexibility index (Phi) is 13.4. The van der Waals surface area contributed by atoms with Crippen LogP contribution in [0.4, 0.5) is 0 Å². The van der Waals surface area contributed by atoms with Crippen LogP contribution in [0.3, 0.4) is 0 Å². The maximum atomic E-state index is 13.1. The summed E-state index contributed by atoms with van der Waals surface area (Å²) in [5, 5.41) is 0. The van der Waals surface area contributed by atoms with Gasteiger partial charge in [-0.1, -0.05) is 43.6 Å². The van der Waals surface area contributed by atoms with Crippen LogP contribution in [0.1, 0.15) is 130 Å². The van der Waals surface area contributed by atoms with Gasteiger partial charge in [-0.3, -0.25) is 19.2 Å². The van der Waals surface area contributed by atoms with Crippen molar-refractivity contribution in [3.63, 3.8) is 0 Å². The Bertz CT molecular complexity index is 1990. The quantitative estimate of drug-likeness (QED) is 0.182. The summed E-state index contributed by atoms with van der Waals surface area (Å²) in [4.78, 5) is 67.9.